The van der Waals surface area contributed by atoms with Crippen molar-refractivity contribution in [1.82, 2.24) is 5.43 Å². The third kappa shape index (κ3) is 2.71. The van der Waals surface area contributed by atoms with Crippen molar-refractivity contribution < 1.29 is 9.90 Å². The second kappa shape index (κ2) is 3.87. The Labute approximate surface area is 73.5 Å². The molecule has 0 spiro atoms. The summed E-state index contributed by atoms with van der Waals surface area (Å²) >= 11 is 1.56. The Bertz CT molecular complexity index is 306. The van der Waals surface area contributed by atoms with Gasteiger partial charge in [-0.1, -0.05) is 0 Å². The zero-order valence-corrected chi connectivity index (χ0v) is 7.26. The predicted octanol–water partition coefficient (Wildman–Crippen LogP) is 1.66. The molecule has 12 heavy (non-hydrogen) atoms. The first-order valence-corrected chi connectivity index (χ1v) is 4.08. The lowest BCUT2D eigenvalue weighted by Crippen LogP contribution is -2.13. The minimum absolute atomic E-state index is 0.932. The monoisotopic (exact) mass is 184 g/mol. The molecule has 5 heteroatoms. The number of hydrazone groups is 1. The normalized spacial score (nSPS) is 10.4. The van der Waals surface area contributed by atoms with E-state index in [0.29, 0.717) is 0 Å². The van der Waals surface area contributed by atoms with Gasteiger partial charge in [-0.2, -0.15) is 5.10 Å². The van der Waals surface area contributed by atoms with E-state index in [2.05, 4.69) is 5.10 Å². The lowest BCUT2D eigenvalue weighted by Gasteiger charge is -1.86. The average molecular weight is 184 g/mol. The maximum absolute atomic E-state index is 9.97. The van der Waals surface area contributed by atoms with Crippen LogP contribution in [0.5, 0.6) is 0 Å². The Morgan fingerprint density at radius 2 is 2.50 bits per heavy atom. The molecule has 0 saturated carbocycles. The van der Waals surface area contributed by atoms with E-state index in [-0.39, 0.29) is 0 Å². The molecule has 0 radical (unpaired) electrons. The van der Waals surface area contributed by atoms with Crippen LogP contribution in [0.15, 0.2) is 17.2 Å². The van der Waals surface area contributed by atoms with Gasteiger partial charge < -0.3 is 5.11 Å². The van der Waals surface area contributed by atoms with Gasteiger partial charge in [0, 0.05) is 9.75 Å². The first-order valence-electron chi connectivity index (χ1n) is 3.27. The van der Waals surface area contributed by atoms with Crippen molar-refractivity contribution in [1.29, 1.82) is 0 Å². The number of carbonyl (C=O) groups is 1. The van der Waals surface area contributed by atoms with Crippen LogP contribution in [0, 0.1) is 6.92 Å². The van der Waals surface area contributed by atoms with Crippen molar-refractivity contribution in [3.05, 3.63) is 21.9 Å². The van der Waals surface area contributed by atoms with Crippen molar-refractivity contribution in [2.45, 2.75) is 6.92 Å². The van der Waals surface area contributed by atoms with Gasteiger partial charge >= 0.3 is 6.09 Å². The Morgan fingerprint density at radius 3 is 3.00 bits per heavy atom. The second-order valence-electron chi connectivity index (χ2n) is 2.12. The van der Waals surface area contributed by atoms with Gasteiger partial charge in [-0.25, -0.2) is 10.2 Å². The Kier molecular flexibility index (Phi) is 2.82. The summed E-state index contributed by atoms with van der Waals surface area (Å²) in [5, 5.41) is 11.7. The van der Waals surface area contributed by atoms with E-state index in [1.54, 1.807) is 11.3 Å². The predicted molar refractivity (Wildman–Crippen MR) is 47.8 cm³/mol. The molecule has 0 saturated heterocycles. The molecule has 0 aliphatic rings. The maximum atomic E-state index is 9.97. The highest BCUT2D eigenvalue weighted by Gasteiger charge is 1.92. The van der Waals surface area contributed by atoms with E-state index in [1.165, 1.54) is 11.1 Å². The molecule has 1 aromatic rings. The third-order valence-electron chi connectivity index (χ3n) is 1.11. The van der Waals surface area contributed by atoms with Crippen LogP contribution in [-0.4, -0.2) is 17.4 Å². The molecule has 1 heterocycles. The van der Waals surface area contributed by atoms with E-state index in [0.717, 1.165) is 4.88 Å². The molecule has 1 rings (SSSR count). The SMILES string of the molecule is Cc1ccc(/C=N/NC(=O)O)s1. The molecule has 0 atom stereocenters. The number of rotatable bonds is 2. The van der Waals surface area contributed by atoms with E-state index in [9.17, 15) is 4.79 Å². The number of nitrogens with one attached hydrogen (secondary N) is 1. The Morgan fingerprint density at radius 1 is 1.75 bits per heavy atom. The van der Waals surface area contributed by atoms with Gasteiger partial charge in [-0.3, -0.25) is 0 Å². The van der Waals surface area contributed by atoms with Crippen LogP contribution < -0.4 is 5.43 Å². The molecule has 64 valence electrons. The highest BCUT2D eigenvalue weighted by molar-refractivity contribution is 7.13. The summed E-state index contributed by atoms with van der Waals surface area (Å²) in [6, 6.07) is 3.83. The van der Waals surface area contributed by atoms with Gasteiger partial charge in [0.1, 0.15) is 0 Å². The number of thiophene rings is 1. The second-order valence-corrected chi connectivity index (χ2v) is 3.44. The van der Waals surface area contributed by atoms with E-state index < -0.39 is 6.09 Å². The van der Waals surface area contributed by atoms with Crippen LogP contribution in [0.2, 0.25) is 0 Å². The highest BCUT2D eigenvalue weighted by Crippen LogP contribution is 2.11. The molecule has 0 unspecified atom stereocenters. The molecule has 2 N–H and O–H groups in total. The summed E-state index contributed by atoms with van der Waals surface area (Å²) in [6.45, 7) is 1.98. The summed E-state index contributed by atoms with van der Waals surface area (Å²) in [4.78, 5) is 12.1. The number of aryl methyl sites for hydroxylation is 1. The fourth-order valence-electron chi connectivity index (χ4n) is 0.674. The minimum atomic E-state index is -1.15. The number of carboxylic acid groups (broad SMARTS) is 1. The van der Waals surface area contributed by atoms with Crippen molar-refractivity contribution in [3.63, 3.8) is 0 Å². The lowest BCUT2D eigenvalue weighted by atomic mass is 10.4. The van der Waals surface area contributed by atoms with Crippen molar-refractivity contribution >= 4 is 23.6 Å². The zero-order valence-electron chi connectivity index (χ0n) is 6.44. The standard InChI is InChI=1S/C7H8N2O2S/c1-5-2-3-6(12-5)4-8-9-7(10)11/h2-4,9H,1H3,(H,10,11)/b8-4+. The molecule has 0 aromatic carbocycles. The summed E-state index contributed by atoms with van der Waals surface area (Å²) < 4.78 is 0. The number of amides is 1. The zero-order chi connectivity index (χ0) is 8.97. The number of hydrogen-bond acceptors (Lipinski definition) is 3. The molecule has 1 aromatic heterocycles. The highest BCUT2D eigenvalue weighted by atomic mass is 32.1. The fraction of sp³-hybridized carbons (Fsp3) is 0.143. The lowest BCUT2D eigenvalue weighted by molar-refractivity contribution is 0.195. The molecule has 0 aliphatic carbocycles. The van der Waals surface area contributed by atoms with Gasteiger partial charge in [0.15, 0.2) is 0 Å². The van der Waals surface area contributed by atoms with Crippen molar-refractivity contribution in [3.8, 4) is 0 Å². The number of hydrogen-bond donors (Lipinski definition) is 2. The van der Waals surface area contributed by atoms with Crippen LogP contribution in [0.1, 0.15) is 9.75 Å². The first-order chi connectivity index (χ1) is 5.68. The largest absolute Gasteiger partial charge is 0.464 e. The van der Waals surface area contributed by atoms with Crippen molar-refractivity contribution in [2.75, 3.05) is 0 Å². The van der Waals surface area contributed by atoms with Crippen LogP contribution in [-0.2, 0) is 0 Å². The van der Waals surface area contributed by atoms with Crippen LogP contribution in [0.25, 0.3) is 0 Å². The Hall–Kier alpha value is -1.36. The van der Waals surface area contributed by atoms with Crippen LogP contribution >= 0.6 is 11.3 Å². The van der Waals surface area contributed by atoms with E-state index in [1.807, 2.05) is 24.5 Å². The van der Waals surface area contributed by atoms with Gasteiger partial charge in [0.05, 0.1) is 6.21 Å². The molecular formula is C7H8N2O2S. The molecule has 0 bridgehead atoms. The van der Waals surface area contributed by atoms with E-state index in [4.69, 9.17) is 5.11 Å². The Balaban J connectivity index is 2.52. The fourth-order valence-corrected chi connectivity index (χ4v) is 1.42. The number of nitrogens with zero attached hydrogens (tertiary/aromatic N) is 1. The molecule has 0 fully saturated rings. The summed E-state index contributed by atoms with van der Waals surface area (Å²) in [7, 11) is 0. The minimum Gasteiger partial charge on any atom is -0.464 e. The van der Waals surface area contributed by atoms with E-state index >= 15 is 0 Å². The summed E-state index contributed by atoms with van der Waals surface area (Å²) in [6.07, 6.45) is 0.325. The summed E-state index contributed by atoms with van der Waals surface area (Å²) in [5.41, 5.74) is 1.90. The first kappa shape index (κ1) is 8.73. The quantitative estimate of drug-likeness (QED) is 0.542. The average Bonchev–Trinajstić information content (AvgIpc) is 2.35. The molecular weight excluding hydrogens is 176 g/mol. The topological polar surface area (TPSA) is 61.7 Å². The molecule has 0 aliphatic heterocycles. The van der Waals surface area contributed by atoms with Crippen molar-refractivity contribution in [2.24, 2.45) is 5.10 Å². The van der Waals surface area contributed by atoms with Crippen LogP contribution in [0.3, 0.4) is 0 Å². The molecule has 1 amide bonds. The summed E-state index contributed by atoms with van der Waals surface area (Å²) in [5.74, 6) is 0. The molecule has 4 nitrogen and oxygen atoms in total. The third-order valence-corrected chi connectivity index (χ3v) is 2.05. The van der Waals surface area contributed by atoms with Gasteiger partial charge in [0.2, 0.25) is 0 Å². The van der Waals surface area contributed by atoms with Gasteiger partial charge in [-0.05, 0) is 19.1 Å². The van der Waals surface area contributed by atoms with Crippen LogP contribution in [0.4, 0.5) is 4.79 Å². The maximum Gasteiger partial charge on any atom is 0.425 e. The van der Waals surface area contributed by atoms with Gasteiger partial charge in [0.25, 0.3) is 0 Å². The smallest absolute Gasteiger partial charge is 0.425 e. The van der Waals surface area contributed by atoms with Gasteiger partial charge in [-0.15, -0.1) is 11.3 Å².